The summed E-state index contributed by atoms with van der Waals surface area (Å²) >= 11 is 0. The minimum absolute atomic E-state index is 0.183. The van der Waals surface area contributed by atoms with Gasteiger partial charge >= 0.3 is 0 Å². The number of carbonyl (C=O) groups excluding carboxylic acids is 1. The minimum Gasteiger partial charge on any atom is -0.331 e. The van der Waals surface area contributed by atoms with Crippen LogP contribution < -0.4 is 0 Å². The highest BCUT2D eigenvalue weighted by Crippen LogP contribution is 2.34. The van der Waals surface area contributed by atoms with Crippen molar-refractivity contribution in [2.45, 2.75) is 25.3 Å². The molecule has 1 amide bonds. The number of hydrogen-bond donors (Lipinski definition) is 1. The number of amides is 1. The van der Waals surface area contributed by atoms with E-state index >= 15 is 0 Å². The lowest BCUT2D eigenvalue weighted by atomic mass is 9.94. The molecule has 1 aromatic heterocycles. The van der Waals surface area contributed by atoms with Gasteiger partial charge in [0.1, 0.15) is 11.6 Å². The van der Waals surface area contributed by atoms with Crippen LogP contribution in [0.1, 0.15) is 41.2 Å². The van der Waals surface area contributed by atoms with Crippen LogP contribution in [0.15, 0.2) is 54.7 Å². The molecule has 1 N–H and O–H groups in total. The molecular formula is C21H19F2N3O. The molecule has 6 heteroatoms. The van der Waals surface area contributed by atoms with Crippen LogP contribution in [0.4, 0.5) is 8.78 Å². The van der Waals surface area contributed by atoms with Crippen LogP contribution in [0.3, 0.4) is 0 Å². The molecule has 0 saturated carbocycles. The number of likely N-dealkylation sites (tertiary alicyclic amines) is 1. The maximum Gasteiger partial charge on any atom is 0.258 e. The smallest absolute Gasteiger partial charge is 0.258 e. The fourth-order valence-corrected chi connectivity index (χ4v) is 3.70. The van der Waals surface area contributed by atoms with Gasteiger partial charge in [-0.2, -0.15) is 5.10 Å². The van der Waals surface area contributed by atoms with E-state index in [1.165, 1.54) is 30.5 Å². The molecule has 2 aromatic carbocycles. The molecule has 1 aliphatic rings. The predicted octanol–water partition coefficient (Wildman–Crippen LogP) is 4.72. The summed E-state index contributed by atoms with van der Waals surface area (Å²) in [7, 11) is 0. The fraction of sp³-hybridized carbons (Fsp3) is 0.238. The second-order valence-electron chi connectivity index (χ2n) is 6.73. The van der Waals surface area contributed by atoms with Gasteiger partial charge in [-0.1, -0.05) is 24.3 Å². The molecule has 4 rings (SSSR count). The fourth-order valence-electron chi connectivity index (χ4n) is 3.70. The maximum atomic E-state index is 13.7. The van der Waals surface area contributed by atoms with E-state index in [9.17, 15) is 13.6 Å². The van der Waals surface area contributed by atoms with Crippen LogP contribution in [0.5, 0.6) is 0 Å². The van der Waals surface area contributed by atoms with Gasteiger partial charge in [-0.15, -0.1) is 0 Å². The lowest BCUT2D eigenvalue weighted by Crippen LogP contribution is -2.38. The van der Waals surface area contributed by atoms with Crippen molar-refractivity contribution < 1.29 is 13.6 Å². The number of aromatic amines is 1. The van der Waals surface area contributed by atoms with Crippen molar-refractivity contribution >= 4 is 5.91 Å². The Kier molecular flexibility index (Phi) is 4.71. The number of benzene rings is 2. The van der Waals surface area contributed by atoms with Crippen LogP contribution in [-0.2, 0) is 0 Å². The second kappa shape index (κ2) is 7.31. The van der Waals surface area contributed by atoms with E-state index in [0.717, 1.165) is 24.8 Å². The van der Waals surface area contributed by atoms with Crippen LogP contribution in [-0.4, -0.2) is 27.5 Å². The molecule has 0 bridgehead atoms. The SMILES string of the molecule is O=C(c1cn[nH]c1-c1cccc(F)c1)N1CCCCC1c1cccc(F)c1. The number of nitrogens with one attached hydrogen (secondary N) is 1. The normalized spacial score (nSPS) is 17.1. The first-order valence-electron chi connectivity index (χ1n) is 8.99. The summed E-state index contributed by atoms with van der Waals surface area (Å²) in [6, 6.07) is 12.3. The van der Waals surface area contributed by atoms with E-state index in [-0.39, 0.29) is 23.6 Å². The number of halogens is 2. The van der Waals surface area contributed by atoms with Crippen LogP contribution in [0.25, 0.3) is 11.3 Å². The Morgan fingerprint density at radius 2 is 1.85 bits per heavy atom. The molecule has 0 spiro atoms. The Hall–Kier alpha value is -3.02. The Morgan fingerprint density at radius 1 is 1.07 bits per heavy atom. The summed E-state index contributed by atoms with van der Waals surface area (Å²) in [5.74, 6) is -0.873. The van der Waals surface area contributed by atoms with Crippen LogP contribution >= 0.6 is 0 Å². The largest absolute Gasteiger partial charge is 0.331 e. The zero-order valence-corrected chi connectivity index (χ0v) is 14.7. The molecule has 138 valence electrons. The molecule has 0 aliphatic carbocycles. The summed E-state index contributed by atoms with van der Waals surface area (Å²) in [5, 5.41) is 6.81. The molecule has 4 nitrogen and oxygen atoms in total. The summed E-state index contributed by atoms with van der Waals surface area (Å²) in [6.45, 7) is 0.591. The lowest BCUT2D eigenvalue weighted by Gasteiger charge is -2.36. The van der Waals surface area contributed by atoms with E-state index in [0.29, 0.717) is 23.4 Å². The minimum atomic E-state index is -0.379. The van der Waals surface area contributed by atoms with Gasteiger partial charge in [0.2, 0.25) is 0 Å². The Morgan fingerprint density at radius 3 is 2.63 bits per heavy atom. The number of rotatable bonds is 3. The highest BCUT2D eigenvalue weighted by molar-refractivity contribution is 6.00. The van der Waals surface area contributed by atoms with Gasteiger partial charge in [0.15, 0.2) is 0 Å². The number of nitrogens with zero attached hydrogens (tertiary/aromatic N) is 2. The molecule has 3 aromatic rings. The van der Waals surface area contributed by atoms with E-state index < -0.39 is 0 Å². The molecule has 1 atom stereocenters. The zero-order valence-electron chi connectivity index (χ0n) is 14.7. The van der Waals surface area contributed by atoms with Gasteiger partial charge in [-0.05, 0) is 49.1 Å². The Labute approximate surface area is 155 Å². The Bertz CT molecular complexity index is 969. The second-order valence-corrected chi connectivity index (χ2v) is 6.73. The lowest BCUT2D eigenvalue weighted by molar-refractivity contribution is 0.0612. The number of aromatic nitrogens is 2. The highest BCUT2D eigenvalue weighted by atomic mass is 19.1. The maximum absolute atomic E-state index is 13.7. The predicted molar refractivity (Wildman–Crippen MR) is 98.0 cm³/mol. The van der Waals surface area contributed by atoms with Crippen molar-refractivity contribution in [2.75, 3.05) is 6.54 Å². The third kappa shape index (κ3) is 3.47. The van der Waals surface area contributed by atoms with Crippen molar-refractivity contribution in [2.24, 2.45) is 0 Å². The van der Waals surface area contributed by atoms with Crippen molar-refractivity contribution in [1.82, 2.24) is 15.1 Å². The van der Waals surface area contributed by atoms with Gasteiger partial charge in [0.05, 0.1) is 23.5 Å². The van der Waals surface area contributed by atoms with Crippen molar-refractivity contribution in [3.8, 4) is 11.3 Å². The standard InChI is InChI=1S/C21H19F2N3O/c22-16-7-3-5-14(11-16)19-9-1-2-10-26(19)21(27)18-13-24-25-20(18)15-6-4-8-17(23)12-15/h3-8,11-13,19H,1-2,9-10H2,(H,24,25). The summed E-state index contributed by atoms with van der Waals surface area (Å²) < 4.78 is 27.3. The van der Waals surface area contributed by atoms with E-state index in [1.807, 2.05) is 6.07 Å². The number of carbonyl (C=O) groups is 1. The molecule has 1 unspecified atom stereocenters. The molecular weight excluding hydrogens is 348 g/mol. The van der Waals surface area contributed by atoms with Crippen LogP contribution in [0.2, 0.25) is 0 Å². The van der Waals surface area contributed by atoms with Gasteiger partial charge in [0, 0.05) is 12.1 Å². The molecule has 0 radical (unpaired) electrons. The highest BCUT2D eigenvalue weighted by Gasteiger charge is 2.31. The number of hydrogen-bond acceptors (Lipinski definition) is 2. The quantitative estimate of drug-likeness (QED) is 0.728. The monoisotopic (exact) mass is 367 g/mol. The first-order chi connectivity index (χ1) is 13.1. The first-order valence-corrected chi connectivity index (χ1v) is 8.99. The van der Waals surface area contributed by atoms with E-state index in [4.69, 9.17) is 0 Å². The summed E-state index contributed by atoms with van der Waals surface area (Å²) in [6.07, 6.45) is 4.12. The molecule has 27 heavy (non-hydrogen) atoms. The summed E-state index contributed by atoms with van der Waals surface area (Å²) in [5.41, 5.74) is 2.24. The Balaban J connectivity index is 1.68. The molecule has 2 heterocycles. The van der Waals surface area contributed by atoms with Gasteiger partial charge in [-0.3, -0.25) is 9.89 Å². The van der Waals surface area contributed by atoms with Gasteiger partial charge < -0.3 is 4.90 Å². The number of piperidine rings is 1. The van der Waals surface area contributed by atoms with Crippen molar-refractivity contribution in [3.05, 3.63) is 77.5 Å². The molecule has 1 aliphatic heterocycles. The first kappa shape index (κ1) is 17.4. The third-order valence-electron chi connectivity index (χ3n) is 4.98. The summed E-state index contributed by atoms with van der Waals surface area (Å²) in [4.78, 5) is 15.1. The van der Waals surface area contributed by atoms with E-state index in [2.05, 4.69) is 10.2 Å². The average Bonchev–Trinajstić information content (AvgIpc) is 3.17. The topological polar surface area (TPSA) is 49.0 Å². The molecule has 1 fully saturated rings. The van der Waals surface area contributed by atoms with Gasteiger partial charge in [-0.25, -0.2) is 8.78 Å². The van der Waals surface area contributed by atoms with Crippen molar-refractivity contribution in [3.63, 3.8) is 0 Å². The van der Waals surface area contributed by atoms with Crippen molar-refractivity contribution in [1.29, 1.82) is 0 Å². The zero-order chi connectivity index (χ0) is 18.8. The van der Waals surface area contributed by atoms with E-state index in [1.54, 1.807) is 23.1 Å². The van der Waals surface area contributed by atoms with Gasteiger partial charge in [0.25, 0.3) is 5.91 Å². The third-order valence-corrected chi connectivity index (χ3v) is 4.98. The molecule has 1 saturated heterocycles. The average molecular weight is 367 g/mol. The van der Waals surface area contributed by atoms with Crippen LogP contribution in [0, 0.1) is 11.6 Å². The number of H-pyrrole nitrogens is 1.